The Balaban J connectivity index is 1.76. The van der Waals surface area contributed by atoms with E-state index in [2.05, 4.69) is 10.3 Å². The van der Waals surface area contributed by atoms with E-state index in [1.807, 2.05) is 30.3 Å². The number of hydrogen-bond acceptors (Lipinski definition) is 5. The number of carbonyl (C=O) groups is 1. The van der Waals surface area contributed by atoms with Crippen LogP contribution in [0.5, 0.6) is 17.2 Å². The number of amides is 1. The number of anilines is 1. The number of methoxy groups -OCH3 is 2. The monoisotopic (exact) mass is 364 g/mol. The molecule has 138 valence electrons. The number of rotatable bonds is 7. The van der Waals surface area contributed by atoms with Crippen LogP contribution in [0.4, 0.5) is 5.82 Å². The predicted octanol–water partition coefficient (Wildman–Crippen LogP) is 3.93. The van der Waals surface area contributed by atoms with Crippen molar-refractivity contribution in [3.63, 3.8) is 0 Å². The van der Waals surface area contributed by atoms with Gasteiger partial charge in [0.15, 0.2) is 11.6 Å². The standard InChI is InChI=1S/C21H20N2O4/c1-25-17-11-16(12-18(13-17)26-2)21(24)23-20-19(9-6-10-22-20)27-14-15-7-4-3-5-8-15/h3-13H,14H2,1-2H3,(H,22,23,24). The van der Waals surface area contributed by atoms with Crippen LogP contribution in [0.15, 0.2) is 66.9 Å². The van der Waals surface area contributed by atoms with Crippen molar-refractivity contribution >= 4 is 11.7 Å². The van der Waals surface area contributed by atoms with E-state index in [-0.39, 0.29) is 5.91 Å². The summed E-state index contributed by atoms with van der Waals surface area (Å²) in [6.45, 7) is 0.377. The molecule has 1 heterocycles. The summed E-state index contributed by atoms with van der Waals surface area (Å²) in [5.41, 5.74) is 1.42. The van der Waals surface area contributed by atoms with Crippen molar-refractivity contribution in [1.29, 1.82) is 0 Å². The van der Waals surface area contributed by atoms with Gasteiger partial charge < -0.3 is 19.5 Å². The smallest absolute Gasteiger partial charge is 0.257 e. The molecule has 3 aromatic rings. The van der Waals surface area contributed by atoms with Crippen molar-refractivity contribution in [1.82, 2.24) is 4.98 Å². The molecule has 3 rings (SSSR count). The molecule has 0 spiro atoms. The third-order valence-corrected chi connectivity index (χ3v) is 3.85. The first-order valence-electron chi connectivity index (χ1n) is 8.36. The van der Waals surface area contributed by atoms with Gasteiger partial charge in [0.2, 0.25) is 0 Å². The Bertz CT molecular complexity index is 891. The van der Waals surface area contributed by atoms with Crippen molar-refractivity contribution < 1.29 is 19.0 Å². The van der Waals surface area contributed by atoms with E-state index in [9.17, 15) is 4.79 Å². The molecule has 0 aliphatic rings. The van der Waals surface area contributed by atoms with Crippen molar-refractivity contribution in [2.45, 2.75) is 6.61 Å². The van der Waals surface area contributed by atoms with Gasteiger partial charge in [-0.15, -0.1) is 0 Å². The Morgan fingerprint density at radius 2 is 1.67 bits per heavy atom. The molecule has 1 N–H and O–H groups in total. The fourth-order valence-electron chi connectivity index (χ4n) is 2.45. The summed E-state index contributed by atoms with van der Waals surface area (Å²) >= 11 is 0. The van der Waals surface area contributed by atoms with Crippen LogP contribution in [0.1, 0.15) is 15.9 Å². The van der Waals surface area contributed by atoms with Gasteiger partial charge in [0.05, 0.1) is 14.2 Å². The molecule has 0 unspecified atom stereocenters. The fourth-order valence-corrected chi connectivity index (χ4v) is 2.45. The zero-order valence-electron chi connectivity index (χ0n) is 15.1. The molecule has 1 aromatic heterocycles. The van der Waals surface area contributed by atoms with Gasteiger partial charge in [-0.05, 0) is 29.8 Å². The molecule has 0 bridgehead atoms. The van der Waals surface area contributed by atoms with E-state index in [1.54, 1.807) is 36.5 Å². The quantitative estimate of drug-likeness (QED) is 0.688. The molecule has 0 saturated carbocycles. The molecule has 0 atom stereocenters. The highest BCUT2D eigenvalue weighted by molar-refractivity contribution is 6.05. The maximum atomic E-state index is 12.7. The molecular formula is C21H20N2O4. The van der Waals surface area contributed by atoms with E-state index >= 15 is 0 Å². The van der Waals surface area contributed by atoms with E-state index < -0.39 is 0 Å². The van der Waals surface area contributed by atoms with Gasteiger partial charge in [-0.1, -0.05) is 30.3 Å². The summed E-state index contributed by atoms with van der Waals surface area (Å²) in [7, 11) is 3.06. The summed E-state index contributed by atoms with van der Waals surface area (Å²) in [6.07, 6.45) is 1.59. The molecule has 2 aromatic carbocycles. The molecule has 0 aliphatic carbocycles. The zero-order valence-corrected chi connectivity index (χ0v) is 15.1. The number of benzene rings is 2. The highest BCUT2D eigenvalue weighted by Gasteiger charge is 2.13. The molecule has 6 heteroatoms. The van der Waals surface area contributed by atoms with Gasteiger partial charge in [-0.3, -0.25) is 4.79 Å². The first kappa shape index (κ1) is 18.3. The molecule has 0 fully saturated rings. The number of carbonyl (C=O) groups excluding carboxylic acids is 1. The minimum atomic E-state index is -0.338. The van der Waals surface area contributed by atoms with Crippen LogP contribution in [-0.2, 0) is 6.61 Å². The van der Waals surface area contributed by atoms with Crippen LogP contribution in [-0.4, -0.2) is 25.1 Å². The summed E-state index contributed by atoms with van der Waals surface area (Å²) < 4.78 is 16.2. The number of nitrogens with one attached hydrogen (secondary N) is 1. The number of nitrogens with zero attached hydrogens (tertiary/aromatic N) is 1. The molecule has 1 amide bonds. The first-order valence-corrected chi connectivity index (χ1v) is 8.36. The second-order valence-corrected chi connectivity index (χ2v) is 5.68. The number of ether oxygens (including phenoxy) is 3. The Labute approximate surface area is 157 Å². The van der Waals surface area contributed by atoms with Gasteiger partial charge >= 0.3 is 0 Å². The Kier molecular flexibility index (Phi) is 5.89. The Hall–Kier alpha value is -3.54. The van der Waals surface area contributed by atoms with Crippen LogP contribution in [0.25, 0.3) is 0 Å². The largest absolute Gasteiger partial charge is 0.497 e. The summed E-state index contributed by atoms with van der Waals surface area (Å²) in [5.74, 6) is 1.56. The SMILES string of the molecule is COc1cc(OC)cc(C(=O)Nc2ncccc2OCc2ccccc2)c1. The maximum Gasteiger partial charge on any atom is 0.257 e. The lowest BCUT2D eigenvalue weighted by molar-refractivity contribution is 0.102. The zero-order chi connectivity index (χ0) is 19.1. The third kappa shape index (κ3) is 4.76. The lowest BCUT2D eigenvalue weighted by Crippen LogP contribution is -2.14. The summed E-state index contributed by atoms with van der Waals surface area (Å²) in [4.78, 5) is 16.9. The molecular weight excluding hydrogens is 344 g/mol. The second kappa shape index (κ2) is 8.71. The second-order valence-electron chi connectivity index (χ2n) is 5.68. The first-order chi connectivity index (χ1) is 13.2. The highest BCUT2D eigenvalue weighted by atomic mass is 16.5. The third-order valence-electron chi connectivity index (χ3n) is 3.85. The van der Waals surface area contributed by atoms with Crippen molar-refractivity contribution in [3.05, 3.63) is 78.0 Å². The minimum Gasteiger partial charge on any atom is -0.497 e. The normalized spacial score (nSPS) is 10.1. The molecule has 0 saturated heterocycles. The van der Waals surface area contributed by atoms with Crippen LogP contribution < -0.4 is 19.5 Å². The van der Waals surface area contributed by atoms with E-state index in [1.165, 1.54) is 14.2 Å². The van der Waals surface area contributed by atoms with Crippen LogP contribution >= 0.6 is 0 Å². The molecule has 0 radical (unpaired) electrons. The highest BCUT2D eigenvalue weighted by Crippen LogP contribution is 2.26. The van der Waals surface area contributed by atoms with Gasteiger partial charge in [0.25, 0.3) is 5.91 Å². The minimum absolute atomic E-state index is 0.338. The average Bonchev–Trinajstić information content (AvgIpc) is 2.73. The van der Waals surface area contributed by atoms with Crippen molar-refractivity contribution in [2.24, 2.45) is 0 Å². The molecule has 6 nitrogen and oxygen atoms in total. The van der Waals surface area contributed by atoms with E-state index in [0.717, 1.165) is 5.56 Å². The van der Waals surface area contributed by atoms with E-state index in [0.29, 0.717) is 35.2 Å². The average molecular weight is 364 g/mol. The summed E-state index contributed by atoms with van der Waals surface area (Å²) in [6, 6.07) is 18.3. The van der Waals surface area contributed by atoms with Crippen molar-refractivity contribution in [3.8, 4) is 17.2 Å². The van der Waals surface area contributed by atoms with Crippen LogP contribution in [0, 0.1) is 0 Å². The predicted molar refractivity (Wildman–Crippen MR) is 103 cm³/mol. The van der Waals surface area contributed by atoms with Gasteiger partial charge in [0, 0.05) is 17.8 Å². The topological polar surface area (TPSA) is 69.7 Å². The van der Waals surface area contributed by atoms with Gasteiger partial charge in [0.1, 0.15) is 18.1 Å². The fraction of sp³-hybridized carbons (Fsp3) is 0.143. The van der Waals surface area contributed by atoms with E-state index in [4.69, 9.17) is 14.2 Å². The maximum absolute atomic E-state index is 12.7. The number of pyridine rings is 1. The van der Waals surface area contributed by atoms with Gasteiger partial charge in [-0.2, -0.15) is 0 Å². The van der Waals surface area contributed by atoms with Crippen molar-refractivity contribution in [2.75, 3.05) is 19.5 Å². The number of hydrogen-bond donors (Lipinski definition) is 1. The van der Waals surface area contributed by atoms with Crippen LogP contribution in [0.2, 0.25) is 0 Å². The summed E-state index contributed by atoms with van der Waals surface area (Å²) in [5, 5.41) is 2.78. The van der Waals surface area contributed by atoms with Gasteiger partial charge in [-0.25, -0.2) is 4.98 Å². The molecule has 27 heavy (non-hydrogen) atoms. The van der Waals surface area contributed by atoms with Crippen LogP contribution in [0.3, 0.4) is 0 Å². The lowest BCUT2D eigenvalue weighted by Gasteiger charge is -2.12. The number of aromatic nitrogens is 1. The Morgan fingerprint density at radius 1 is 0.963 bits per heavy atom. The molecule has 0 aliphatic heterocycles. The lowest BCUT2D eigenvalue weighted by atomic mass is 10.2. The Morgan fingerprint density at radius 3 is 2.33 bits per heavy atom.